The molecule has 0 aromatic carbocycles. The molecule has 0 fully saturated rings. The number of thiophene rings is 1. The van der Waals surface area contributed by atoms with Crippen molar-refractivity contribution < 1.29 is 4.74 Å². The monoisotopic (exact) mass is 343 g/mol. The molecule has 0 aliphatic carbocycles. The number of nitrogens with one attached hydrogen (secondary N) is 1. The molecule has 0 aliphatic heterocycles. The lowest BCUT2D eigenvalue weighted by atomic mass is 10.2. The van der Waals surface area contributed by atoms with E-state index in [4.69, 9.17) is 4.74 Å². The number of hydrogen-bond donors (Lipinski definition) is 1. The lowest BCUT2D eigenvalue weighted by molar-refractivity contribution is 0.398. The van der Waals surface area contributed by atoms with Crippen LogP contribution in [0.1, 0.15) is 4.88 Å². The molecule has 0 saturated carbocycles. The minimum absolute atomic E-state index is 0.589. The van der Waals surface area contributed by atoms with Crippen molar-refractivity contribution in [3.63, 3.8) is 0 Å². The Morgan fingerprint density at radius 3 is 2.91 bits per heavy atom. The van der Waals surface area contributed by atoms with E-state index in [2.05, 4.69) is 31.8 Å². The van der Waals surface area contributed by atoms with Crippen molar-refractivity contribution in [1.82, 2.24) is 19.6 Å². The van der Waals surface area contributed by atoms with Gasteiger partial charge in [-0.1, -0.05) is 17.4 Å². The molecule has 1 N–H and O–H groups in total. The van der Waals surface area contributed by atoms with E-state index in [-0.39, 0.29) is 0 Å². The summed E-state index contributed by atoms with van der Waals surface area (Å²) in [4.78, 5) is 10.8. The zero-order valence-corrected chi connectivity index (χ0v) is 13.9. The van der Waals surface area contributed by atoms with Crippen LogP contribution in [0.4, 0.5) is 5.13 Å². The van der Waals surface area contributed by atoms with Gasteiger partial charge >= 0.3 is 0 Å². The third-order valence-electron chi connectivity index (χ3n) is 3.32. The topological polar surface area (TPSA) is 64.3 Å². The van der Waals surface area contributed by atoms with Crippen molar-refractivity contribution in [1.29, 1.82) is 0 Å². The highest BCUT2D eigenvalue weighted by atomic mass is 32.1. The first kappa shape index (κ1) is 14.2. The molecule has 6 nitrogen and oxygen atoms in total. The molecule has 0 bridgehead atoms. The Balaban J connectivity index is 1.60. The van der Waals surface area contributed by atoms with Gasteiger partial charge in [-0.2, -0.15) is 0 Å². The van der Waals surface area contributed by atoms with Crippen molar-refractivity contribution in [3.8, 4) is 17.1 Å². The molecule has 4 aromatic heterocycles. The summed E-state index contributed by atoms with van der Waals surface area (Å²) in [5, 5.41) is 10.9. The van der Waals surface area contributed by atoms with Crippen molar-refractivity contribution in [2.45, 2.75) is 6.54 Å². The number of hydrogen-bond acceptors (Lipinski definition) is 7. The standard InChI is InChI=1S/C15H13N5OS2/c1-21-13-5-4-10(7-16-13)12-9-18-15-20(12)19-14(23-15)17-8-11-3-2-6-22-11/h2-7,9H,8H2,1H3,(H,17,19). The molecule has 4 rings (SSSR count). The van der Waals surface area contributed by atoms with Crippen LogP contribution in [0.2, 0.25) is 0 Å². The first-order valence-corrected chi connectivity index (χ1v) is 8.64. The normalized spacial score (nSPS) is 11.0. The Morgan fingerprint density at radius 2 is 2.17 bits per heavy atom. The van der Waals surface area contributed by atoms with Gasteiger partial charge in [-0.15, -0.1) is 16.4 Å². The SMILES string of the molecule is COc1ccc(-c2cnc3sc(NCc4cccs4)nn23)cn1. The third-order valence-corrected chi connectivity index (χ3v) is 5.08. The average molecular weight is 343 g/mol. The van der Waals surface area contributed by atoms with Gasteiger partial charge < -0.3 is 10.1 Å². The summed E-state index contributed by atoms with van der Waals surface area (Å²) >= 11 is 3.26. The third kappa shape index (κ3) is 2.78. The molecule has 4 aromatic rings. The number of ether oxygens (including phenoxy) is 1. The fourth-order valence-electron chi connectivity index (χ4n) is 2.19. The van der Waals surface area contributed by atoms with Gasteiger partial charge in [0.1, 0.15) is 0 Å². The Labute approximate surface area is 140 Å². The number of rotatable bonds is 5. The second-order valence-corrected chi connectivity index (χ2v) is 6.76. The van der Waals surface area contributed by atoms with Gasteiger partial charge in [0.2, 0.25) is 16.0 Å². The van der Waals surface area contributed by atoms with Crippen LogP contribution in [0.3, 0.4) is 0 Å². The van der Waals surface area contributed by atoms with E-state index in [1.54, 1.807) is 24.6 Å². The molecule has 0 unspecified atom stereocenters. The fraction of sp³-hybridized carbons (Fsp3) is 0.133. The van der Waals surface area contributed by atoms with Gasteiger partial charge in [-0.3, -0.25) is 0 Å². The molecular weight excluding hydrogens is 330 g/mol. The first-order chi connectivity index (χ1) is 11.3. The molecular formula is C15H13N5OS2. The van der Waals surface area contributed by atoms with Crippen LogP contribution in [0.15, 0.2) is 42.0 Å². The molecule has 0 atom stereocenters. The number of aromatic nitrogens is 4. The predicted molar refractivity (Wildman–Crippen MR) is 92.3 cm³/mol. The van der Waals surface area contributed by atoms with Crippen molar-refractivity contribution in [3.05, 3.63) is 46.9 Å². The van der Waals surface area contributed by atoms with E-state index in [0.29, 0.717) is 5.88 Å². The van der Waals surface area contributed by atoms with Crippen LogP contribution in [-0.4, -0.2) is 26.7 Å². The summed E-state index contributed by atoms with van der Waals surface area (Å²) in [6, 6.07) is 7.93. The number of pyridine rings is 1. The minimum atomic E-state index is 0.589. The van der Waals surface area contributed by atoms with Gasteiger partial charge in [-0.25, -0.2) is 14.5 Å². The van der Waals surface area contributed by atoms with Crippen LogP contribution >= 0.6 is 22.7 Å². The smallest absolute Gasteiger partial charge is 0.214 e. The van der Waals surface area contributed by atoms with Crippen molar-refractivity contribution in [2.75, 3.05) is 12.4 Å². The second-order valence-electron chi connectivity index (χ2n) is 4.77. The van der Waals surface area contributed by atoms with E-state index in [1.165, 1.54) is 16.2 Å². The molecule has 8 heteroatoms. The molecule has 4 heterocycles. The molecule has 0 aliphatic rings. The zero-order valence-electron chi connectivity index (χ0n) is 12.3. The highest BCUT2D eigenvalue weighted by Gasteiger charge is 2.12. The quantitative estimate of drug-likeness (QED) is 0.600. The Kier molecular flexibility index (Phi) is 3.68. The zero-order chi connectivity index (χ0) is 15.6. The van der Waals surface area contributed by atoms with Crippen LogP contribution in [0.5, 0.6) is 5.88 Å². The highest BCUT2D eigenvalue weighted by molar-refractivity contribution is 7.20. The molecule has 0 spiro atoms. The molecule has 0 saturated heterocycles. The van der Waals surface area contributed by atoms with Gasteiger partial charge in [0.05, 0.1) is 25.5 Å². The first-order valence-electron chi connectivity index (χ1n) is 6.95. The maximum absolute atomic E-state index is 5.09. The Hall–Kier alpha value is -2.45. The van der Waals surface area contributed by atoms with Crippen LogP contribution in [0, 0.1) is 0 Å². The highest BCUT2D eigenvalue weighted by Crippen LogP contribution is 2.26. The van der Waals surface area contributed by atoms with Gasteiger partial charge in [0, 0.05) is 22.7 Å². The number of imidazole rings is 1. The Bertz CT molecular complexity index is 911. The Morgan fingerprint density at radius 1 is 1.22 bits per heavy atom. The van der Waals surface area contributed by atoms with E-state index in [1.807, 2.05) is 28.9 Å². The maximum atomic E-state index is 5.09. The van der Waals surface area contributed by atoms with Crippen molar-refractivity contribution >= 4 is 32.8 Å². The van der Waals surface area contributed by atoms with Crippen LogP contribution in [-0.2, 0) is 6.54 Å². The molecule has 0 amide bonds. The maximum Gasteiger partial charge on any atom is 0.214 e. The average Bonchev–Trinajstić information content (AvgIpc) is 3.30. The van der Waals surface area contributed by atoms with E-state index >= 15 is 0 Å². The summed E-state index contributed by atoms with van der Waals surface area (Å²) in [6.07, 6.45) is 3.58. The van der Waals surface area contributed by atoms with Crippen LogP contribution in [0.25, 0.3) is 16.2 Å². The van der Waals surface area contributed by atoms with Crippen LogP contribution < -0.4 is 10.1 Å². The van der Waals surface area contributed by atoms with E-state index < -0.39 is 0 Å². The van der Waals surface area contributed by atoms with Gasteiger partial charge in [0.15, 0.2) is 0 Å². The predicted octanol–water partition coefficient (Wildman–Crippen LogP) is 3.54. The molecule has 0 radical (unpaired) electrons. The summed E-state index contributed by atoms with van der Waals surface area (Å²) in [5.41, 5.74) is 1.86. The lowest BCUT2D eigenvalue weighted by Gasteiger charge is -2.01. The summed E-state index contributed by atoms with van der Waals surface area (Å²) in [7, 11) is 1.60. The molecule has 23 heavy (non-hydrogen) atoms. The number of methoxy groups -OCH3 is 1. The lowest BCUT2D eigenvalue weighted by Crippen LogP contribution is -1.98. The fourth-order valence-corrected chi connectivity index (χ4v) is 3.60. The minimum Gasteiger partial charge on any atom is -0.481 e. The largest absolute Gasteiger partial charge is 0.481 e. The van der Waals surface area contributed by atoms with Gasteiger partial charge in [0.25, 0.3) is 0 Å². The van der Waals surface area contributed by atoms with Crippen molar-refractivity contribution in [2.24, 2.45) is 0 Å². The number of fused-ring (bicyclic) bond motifs is 1. The summed E-state index contributed by atoms with van der Waals surface area (Å²) in [6.45, 7) is 0.772. The summed E-state index contributed by atoms with van der Waals surface area (Å²) in [5.74, 6) is 0.589. The second kappa shape index (κ2) is 5.98. The molecule has 116 valence electrons. The van der Waals surface area contributed by atoms with Gasteiger partial charge in [-0.05, 0) is 17.5 Å². The number of anilines is 1. The number of nitrogens with zero attached hydrogens (tertiary/aromatic N) is 4. The summed E-state index contributed by atoms with van der Waals surface area (Å²) < 4.78 is 6.93. The van der Waals surface area contributed by atoms with E-state index in [9.17, 15) is 0 Å². The van der Waals surface area contributed by atoms with E-state index in [0.717, 1.165) is 27.9 Å².